The van der Waals surface area contributed by atoms with Crippen LogP contribution in [0.4, 0.5) is 0 Å². The molecule has 2 heterocycles. The van der Waals surface area contributed by atoms with Gasteiger partial charge in [-0.3, -0.25) is 0 Å². The second-order valence-electron chi connectivity index (χ2n) is 4.05. The van der Waals surface area contributed by atoms with Crippen LogP contribution < -0.4 is 0 Å². The lowest BCUT2D eigenvalue weighted by Gasteiger charge is -2.01. The van der Waals surface area contributed by atoms with Gasteiger partial charge in [-0.1, -0.05) is 22.0 Å². The molecule has 6 heteroatoms. The van der Waals surface area contributed by atoms with Crippen LogP contribution >= 0.6 is 15.9 Å². The minimum atomic E-state index is -0.497. The molecule has 0 spiro atoms. The van der Waals surface area contributed by atoms with E-state index in [0.29, 0.717) is 16.5 Å². The number of aromatic nitrogens is 2. The largest absolute Gasteiger partial charge is 0.493 e. The van der Waals surface area contributed by atoms with E-state index in [1.54, 1.807) is 0 Å². The Balaban J connectivity index is 2.47. The number of carbonyl (C=O) groups is 1. The number of fused-ring (bicyclic) bond motifs is 3. The summed E-state index contributed by atoms with van der Waals surface area (Å²) in [6.07, 6.45) is 1.30. The second kappa shape index (κ2) is 4.24. The van der Waals surface area contributed by atoms with Gasteiger partial charge in [-0.25, -0.2) is 9.78 Å². The second-order valence-corrected chi connectivity index (χ2v) is 4.97. The van der Waals surface area contributed by atoms with Crippen LogP contribution in [0.2, 0.25) is 0 Å². The normalized spacial score (nSPS) is 11.1. The number of carbonyl (C=O) groups excluding carboxylic acids is 1. The summed E-state index contributed by atoms with van der Waals surface area (Å²) in [7, 11) is 1.31. The highest BCUT2D eigenvalue weighted by Crippen LogP contribution is 2.34. The first-order valence-corrected chi connectivity index (χ1v) is 6.28. The van der Waals surface area contributed by atoms with Gasteiger partial charge in [0.05, 0.1) is 18.0 Å². The number of pyridine rings is 1. The van der Waals surface area contributed by atoms with Gasteiger partial charge in [0.1, 0.15) is 5.56 Å². The Hall–Kier alpha value is -2.08. The van der Waals surface area contributed by atoms with Crippen molar-refractivity contribution in [2.45, 2.75) is 0 Å². The van der Waals surface area contributed by atoms with Crippen molar-refractivity contribution in [3.05, 3.63) is 34.4 Å². The molecule has 0 radical (unpaired) electrons. The molecule has 1 aromatic carbocycles. The molecule has 0 aliphatic rings. The predicted molar refractivity (Wildman–Crippen MR) is 74.3 cm³/mol. The Morgan fingerprint density at radius 3 is 3.00 bits per heavy atom. The summed E-state index contributed by atoms with van der Waals surface area (Å²) in [5, 5.41) is 11.2. The first-order valence-electron chi connectivity index (χ1n) is 5.49. The summed E-state index contributed by atoms with van der Waals surface area (Å²) in [5.74, 6) is -0.612. The molecule has 0 atom stereocenters. The highest BCUT2D eigenvalue weighted by molar-refractivity contribution is 9.10. The van der Waals surface area contributed by atoms with Crippen LogP contribution in [0.1, 0.15) is 10.4 Å². The minimum Gasteiger partial charge on any atom is -0.493 e. The van der Waals surface area contributed by atoms with Crippen molar-refractivity contribution in [3.63, 3.8) is 0 Å². The fraction of sp³-hybridized carbons (Fsp3) is 0.0769. The molecule has 0 fully saturated rings. The third kappa shape index (κ3) is 1.76. The molecule has 2 aromatic heterocycles. The molecule has 3 aromatic rings. The van der Waals surface area contributed by atoms with Gasteiger partial charge in [0, 0.05) is 21.6 Å². The monoisotopic (exact) mass is 320 g/mol. The average molecular weight is 321 g/mol. The van der Waals surface area contributed by atoms with Crippen LogP contribution in [0, 0.1) is 0 Å². The smallest absolute Gasteiger partial charge is 0.341 e. The summed E-state index contributed by atoms with van der Waals surface area (Å²) in [6, 6.07) is 5.58. The van der Waals surface area contributed by atoms with Gasteiger partial charge in [-0.15, -0.1) is 0 Å². The fourth-order valence-corrected chi connectivity index (χ4v) is 2.48. The Labute approximate surface area is 116 Å². The van der Waals surface area contributed by atoms with Gasteiger partial charge >= 0.3 is 5.97 Å². The van der Waals surface area contributed by atoms with Gasteiger partial charge in [0.15, 0.2) is 0 Å². The lowest BCUT2D eigenvalue weighted by Crippen LogP contribution is -2.02. The number of methoxy groups -OCH3 is 1. The SMILES string of the molecule is COC(=O)c1cnc(O)c2c1[nH]c1cc(Br)ccc12. The van der Waals surface area contributed by atoms with E-state index in [1.807, 2.05) is 18.2 Å². The number of halogens is 1. The van der Waals surface area contributed by atoms with Gasteiger partial charge in [0.25, 0.3) is 0 Å². The van der Waals surface area contributed by atoms with Gasteiger partial charge in [0.2, 0.25) is 5.88 Å². The Kier molecular flexibility index (Phi) is 2.67. The van der Waals surface area contributed by atoms with E-state index in [-0.39, 0.29) is 5.88 Å². The van der Waals surface area contributed by atoms with E-state index >= 15 is 0 Å². The maximum absolute atomic E-state index is 11.7. The van der Waals surface area contributed by atoms with Crippen LogP contribution in [0.3, 0.4) is 0 Å². The van der Waals surface area contributed by atoms with E-state index in [0.717, 1.165) is 15.4 Å². The number of H-pyrrole nitrogens is 1. The molecule has 0 bridgehead atoms. The van der Waals surface area contributed by atoms with Crippen molar-refractivity contribution in [2.75, 3.05) is 7.11 Å². The van der Waals surface area contributed by atoms with Crippen LogP contribution in [0.5, 0.6) is 5.88 Å². The number of esters is 1. The van der Waals surface area contributed by atoms with Crippen molar-refractivity contribution >= 4 is 43.7 Å². The van der Waals surface area contributed by atoms with Gasteiger partial charge in [-0.2, -0.15) is 0 Å². The van der Waals surface area contributed by atoms with E-state index in [4.69, 9.17) is 4.74 Å². The average Bonchev–Trinajstić information content (AvgIpc) is 2.77. The van der Waals surface area contributed by atoms with Crippen molar-refractivity contribution < 1.29 is 14.6 Å². The third-order valence-electron chi connectivity index (χ3n) is 2.97. The number of nitrogens with one attached hydrogen (secondary N) is 1. The first-order chi connectivity index (χ1) is 9.11. The van der Waals surface area contributed by atoms with Crippen LogP contribution in [0.15, 0.2) is 28.9 Å². The number of aromatic amines is 1. The highest BCUT2D eigenvalue weighted by atomic mass is 79.9. The molecule has 3 rings (SSSR count). The maximum Gasteiger partial charge on any atom is 0.341 e. The number of rotatable bonds is 1. The van der Waals surface area contributed by atoms with Crippen molar-refractivity contribution in [1.82, 2.24) is 9.97 Å². The molecule has 0 saturated heterocycles. The highest BCUT2D eigenvalue weighted by Gasteiger charge is 2.18. The van der Waals surface area contributed by atoms with Crippen molar-refractivity contribution in [2.24, 2.45) is 0 Å². The Bertz CT molecular complexity index is 810. The molecule has 2 N–H and O–H groups in total. The van der Waals surface area contributed by atoms with Gasteiger partial charge in [-0.05, 0) is 12.1 Å². The quantitative estimate of drug-likeness (QED) is 0.676. The molecule has 0 aliphatic heterocycles. The molecule has 0 amide bonds. The predicted octanol–water partition coefficient (Wildman–Crippen LogP) is 2.97. The van der Waals surface area contributed by atoms with Gasteiger partial charge < -0.3 is 14.8 Å². The molecular formula is C13H9BrN2O3. The maximum atomic E-state index is 11.7. The zero-order valence-electron chi connectivity index (χ0n) is 9.90. The molecule has 0 saturated carbocycles. The van der Waals surface area contributed by atoms with Crippen molar-refractivity contribution in [1.29, 1.82) is 0 Å². The molecule has 5 nitrogen and oxygen atoms in total. The summed E-state index contributed by atoms with van der Waals surface area (Å²) >= 11 is 3.38. The number of aromatic hydroxyl groups is 1. The number of nitrogens with zero attached hydrogens (tertiary/aromatic N) is 1. The van der Waals surface area contributed by atoms with Crippen LogP contribution in [-0.4, -0.2) is 28.2 Å². The topological polar surface area (TPSA) is 75.2 Å². The fourth-order valence-electron chi connectivity index (χ4n) is 2.12. The zero-order valence-corrected chi connectivity index (χ0v) is 11.5. The first kappa shape index (κ1) is 12.0. The molecule has 0 unspecified atom stereocenters. The third-order valence-corrected chi connectivity index (χ3v) is 3.47. The Morgan fingerprint density at radius 1 is 1.47 bits per heavy atom. The van der Waals surface area contributed by atoms with Crippen LogP contribution in [-0.2, 0) is 4.74 Å². The molecule has 96 valence electrons. The Morgan fingerprint density at radius 2 is 2.26 bits per heavy atom. The molecule has 0 aliphatic carbocycles. The minimum absolute atomic E-state index is 0.115. The summed E-state index contributed by atoms with van der Waals surface area (Å²) in [6.45, 7) is 0. The number of benzene rings is 1. The van der Waals surface area contributed by atoms with Crippen LogP contribution in [0.25, 0.3) is 21.8 Å². The summed E-state index contributed by atoms with van der Waals surface area (Å²) in [5.41, 5.74) is 1.62. The van der Waals surface area contributed by atoms with E-state index in [2.05, 4.69) is 25.9 Å². The molecule has 19 heavy (non-hydrogen) atoms. The summed E-state index contributed by atoms with van der Waals surface area (Å²) < 4.78 is 5.62. The lowest BCUT2D eigenvalue weighted by atomic mass is 10.1. The lowest BCUT2D eigenvalue weighted by molar-refractivity contribution is 0.0602. The zero-order chi connectivity index (χ0) is 13.6. The van der Waals surface area contributed by atoms with E-state index in [1.165, 1.54) is 13.3 Å². The summed E-state index contributed by atoms with van der Waals surface area (Å²) in [4.78, 5) is 18.7. The van der Waals surface area contributed by atoms with E-state index in [9.17, 15) is 9.90 Å². The standard InChI is InChI=1S/C13H9BrN2O3/c1-19-13(18)8-5-15-12(17)10-7-3-2-6(14)4-9(7)16-11(8)10/h2-5,16H,1H3,(H,15,17). The molecular weight excluding hydrogens is 312 g/mol. The number of hydrogen-bond acceptors (Lipinski definition) is 4. The number of ether oxygens (including phenoxy) is 1. The van der Waals surface area contributed by atoms with Crippen molar-refractivity contribution in [3.8, 4) is 5.88 Å². The number of hydrogen-bond donors (Lipinski definition) is 2. The van der Waals surface area contributed by atoms with E-state index < -0.39 is 5.97 Å².